The molecule has 0 aromatic heterocycles. The van der Waals surface area contributed by atoms with Gasteiger partial charge in [-0.05, 0) is 24.6 Å². The largest absolute Gasteiger partial charge is 0.508 e. The summed E-state index contributed by atoms with van der Waals surface area (Å²) in [5.74, 6) is -0.404. The average Bonchev–Trinajstić information content (AvgIpc) is 2.40. The van der Waals surface area contributed by atoms with Gasteiger partial charge in [0.05, 0.1) is 5.92 Å². The summed E-state index contributed by atoms with van der Waals surface area (Å²) in [6, 6.07) is 12.5. The first kappa shape index (κ1) is 14.5. The highest BCUT2D eigenvalue weighted by Crippen LogP contribution is 2.35. The van der Waals surface area contributed by atoms with Crippen LogP contribution >= 0.6 is 15.9 Å². The molecule has 0 fully saturated rings. The standard InChI is InChI=1S/C15H14BrNO3/c1-10-6-7-15(18)12(8-10)13(9-17(19)20)11-4-2-3-5-14(11)16/h2-8,13,18H,9H2,1H3. The fourth-order valence-electron chi connectivity index (χ4n) is 2.22. The molecule has 1 atom stereocenters. The molecule has 5 heteroatoms. The summed E-state index contributed by atoms with van der Waals surface area (Å²) in [6.45, 7) is 1.63. The van der Waals surface area contributed by atoms with Crippen LogP contribution in [0, 0.1) is 17.0 Å². The molecule has 0 spiro atoms. The van der Waals surface area contributed by atoms with Gasteiger partial charge in [0.2, 0.25) is 6.54 Å². The average molecular weight is 336 g/mol. The number of nitrogens with zero attached hydrogens (tertiary/aromatic N) is 1. The van der Waals surface area contributed by atoms with Crippen molar-refractivity contribution in [3.8, 4) is 5.75 Å². The van der Waals surface area contributed by atoms with E-state index in [0.717, 1.165) is 15.6 Å². The number of hydrogen-bond acceptors (Lipinski definition) is 3. The lowest BCUT2D eigenvalue weighted by Gasteiger charge is -2.17. The number of phenolic OH excluding ortho intramolecular Hbond substituents is 1. The Morgan fingerprint density at radius 2 is 1.95 bits per heavy atom. The summed E-state index contributed by atoms with van der Waals surface area (Å²) in [6.07, 6.45) is 0. The first-order valence-corrected chi connectivity index (χ1v) is 6.94. The number of nitro groups is 1. The van der Waals surface area contributed by atoms with Gasteiger partial charge in [-0.1, -0.05) is 51.8 Å². The van der Waals surface area contributed by atoms with E-state index in [4.69, 9.17) is 0 Å². The number of hydrogen-bond donors (Lipinski definition) is 1. The number of benzene rings is 2. The topological polar surface area (TPSA) is 63.4 Å². The molecule has 0 aliphatic carbocycles. The fourth-order valence-corrected chi connectivity index (χ4v) is 2.79. The minimum atomic E-state index is -0.486. The minimum Gasteiger partial charge on any atom is -0.508 e. The van der Waals surface area contributed by atoms with Gasteiger partial charge in [-0.25, -0.2) is 0 Å². The van der Waals surface area contributed by atoms with Gasteiger partial charge in [0, 0.05) is 15.0 Å². The quantitative estimate of drug-likeness (QED) is 0.681. The second kappa shape index (κ2) is 6.05. The fraction of sp³-hybridized carbons (Fsp3) is 0.200. The van der Waals surface area contributed by atoms with E-state index >= 15 is 0 Å². The minimum absolute atomic E-state index is 0.0817. The predicted molar refractivity (Wildman–Crippen MR) is 80.7 cm³/mol. The van der Waals surface area contributed by atoms with Gasteiger partial charge in [0.15, 0.2) is 0 Å². The van der Waals surface area contributed by atoms with Crippen LogP contribution in [0.1, 0.15) is 22.6 Å². The smallest absolute Gasteiger partial charge is 0.214 e. The monoisotopic (exact) mass is 335 g/mol. The Hall–Kier alpha value is -1.88. The Balaban J connectivity index is 2.56. The van der Waals surface area contributed by atoms with Crippen LogP contribution in [0.4, 0.5) is 0 Å². The van der Waals surface area contributed by atoms with E-state index in [2.05, 4.69) is 15.9 Å². The molecular weight excluding hydrogens is 322 g/mol. The van der Waals surface area contributed by atoms with Gasteiger partial charge < -0.3 is 5.11 Å². The molecule has 0 radical (unpaired) electrons. The van der Waals surface area contributed by atoms with Crippen LogP contribution in [0.15, 0.2) is 46.9 Å². The molecule has 104 valence electrons. The van der Waals surface area contributed by atoms with Crippen LogP contribution in [0.25, 0.3) is 0 Å². The van der Waals surface area contributed by atoms with Crippen molar-refractivity contribution in [1.82, 2.24) is 0 Å². The summed E-state index contributed by atoms with van der Waals surface area (Å²) in [5, 5.41) is 21.0. The molecule has 0 bridgehead atoms. The van der Waals surface area contributed by atoms with Crippen LogP contribution in [-0.4, -0.2) is 16.6 Å². The highest BCUT2D eigenvalue weighted by atomic mass is 79.9. The number of aryl methyl sites for hydroxylation is 1. The third kappa shape index (κ3) is 3.17. The molecule has 2 aromatic carbocycles. The van der Waals surface area contributed by atoms with Crippen LogP contribution in [-0.2, 0) is 0 Å². The number of rotatable bonds is 4. The van der Waals surface area contributed by atoms with Crippen molar-refractivity contribution < 1.29 is 10.0 Å². The third-order valence-corrected chi connectivity index (χ3v) is 3.89. The maximum absolute atomic E-state index is 11.0. The second-order valence-electron chi connectivity index (χ2n) is 4.65. The Morgan fingerprint density at radius 1 is 1.25 bits per heavy atom. The van der Waals surface area contributed by atoms with Crippen molar-refractivity contribution >= 4 is 15.9 Å². The van der Waals surface area contributed by atoms with Crippen LogP contribution in [0.3, 0.4) is 0 Å². The van der Waals surface area contributed by atoms with E-state index in [1.165, 1.54) is 0 Å². The first-order chi connectivity index (χ1) is 9.49. The Kier molecular flexibility index (Phi) is 4.39. The van der Waals surface area contributed by atoms with Gasteiger partial charge in [-0.2, -0.15) is 0 Å². The summed E-state index contributed by atoms with van der Waals surface area (Å²) in [4.78, 5) is 10.6. The van der Waals surface area contributed by atoms with Crippen LogP contribution < -0.4 is 0 Å². The molecule has 4 nitrogen and oxygen atoms in total. The van der Waals surface area contributed by atoms with Crippen molar-refractivity contribution in [1.29, 1.82) is 0 Å². The molecule has 0 amide bonds. The van der Waals surface area contributed by atoms with Crippen molar-refractivity contribution in [2.75, 3.05) is 6.54 Å². The van der Waals surface area contributed by atoms with Gasteiger partial charge in [-0.15, -0.1) is 0 Å². The summed E-state index contributed by atoms with van der Waals surface area (Å²) in [7, 11) is 0. The Labute approximate surface area is 125 Å². The maximum Gasteiger partial charge on any atom is 0.214 e. The van der Waals surface area contributed by atoms with E-state index in [-0.39, 0.29) is 17.2 Å². The molecule has 0 aliphatic rings. The Bertz CT molecular complexity index is 643. The Morgan fingerprint density at radius 3 is 2.60 bits per heavy atom. The van der Waals surface area contributed by atoms with Gasteiger partial charge in [0.25, 0.3) is 0 Å². The number of aromatic hydroxyl groups is 1. The molecule has 0 saturated carbocycles. The lowest BCUT2D eigenvalue weighted by Crippen LogP contribution is -2.14. The SMILES string of the molecule is Cc1ccc(O)c(C(C[N+](=O)[O-])c2ccccc2Br)c1. The second-order valence-corrected chi connectivity index (χ2v) is 5.51. The molecule has 1 unspecified atom stereocenters. The van der Waals surface area contributed by atoms with Crippen LogP contribution in [0.5, 0.6) is 5.75 Å². The zero-order chi connectivity index (χ0) is 14.7. The van der Waals surface area contributed by atoms with Gasteiger partial charge >= 0.3 is 0 Å². The predicted octanol–water partition coefficient (Wildman–Crippen LogP) is 3.87. The first-order valence-electron chi connectivity index (χ1n) is 6.14. The zero-order valence-corrected chi connectivity index (χ0v) is 12.5. The van der Waals surface area contributed by atoms with E-state index in [1.807, 2.05) is 31.2 Å². The van der Waals surface area contributed by atoms with Crippen molar-refractivity contribution in [2.45, 2.75) is 12.8 Å². The lowest BCUT2D eigenvalue weighted by atomic mass is 9.90. The highest BCUT2D eigenvalue weighted by molar-refractivity contribution is 9.10. The molecule has 0 heterocycles. The third-order valence-electron chi connectivity index (χ3n) is 3.17. The van der Waals surface area contributed by atoms with E-state index < -0.39 is 5.92 Å². The number of halogens is 1. The molecular formula is C15H14BrNO3. The molecule has 2 aromatic rings. The van der Waals surface area contributed by atoms with E-state index in [9.17, 15) is 15.2 Å². The van der Waals surface area contributed by atoms with Crippen LogP contribution in [0.2, 0.25) is 0 Å². The summed E-state index contributed by atoms with van der Waals surface area (Å²) < 4.78 is 0.799. The molecule has 0 aliphatic heterocycles. The van der Waals surface area contributed by atoms with Crippen molar-refractivity contribution in [2.24, 2.45) is 0 Å². The highest BCUT2D eigenvalue weighted by Gasteiger charge is 2.24. The number of phenols is 1. The molecule has 1 N–H and O–H groups in total. The molecule has 2 rings (SSSR count). The van der Waals surface area contributed by atoms with E-state index in [0.29, 0.717) is 5.56 Å². The normalized spacial score (nSPS) is 12.1. The van der Waals surface area contributed by atoms with Crippen molar-refractivity contribution in [3.05, 3.63) is 73.7 Å². The lowest BCUT2D eigenvalue weighted by molar-refractivity contribution is -0.481. The van der Waals surface area contributed by atoms with Crippen molar-refractivity contribution in [3.63, 3.8) is 0 Å². The van der Waals surface area contributed by atoms with Gasteiger partial charge in [0.1, 0.15) is 5.75 Å². The maximum atomic E-state index is 11.0. The zero-order valence-electron chi connectivity index (χ0n) is 10.9. The van der Waals surface area contributed by atoms with E-state index in [1.54, 1.807) is 18.2 Å². The van der Waals surface area contributed by atoms with Gasteiger partial charge in [-0.3, -0.25) is 10.1 Å². The summed E-state index contributed by atoms with van der Waals surface area (Å²) in [5.41, 5.74) is 2.33. The summed E-state index contributed by atoms with van der Waals surface area (Å²) >= 11 is 3.42. The molecule has 20 heavy (non-hydrogen) atoms. The molecule has 0 saturated heterocycles.